The van der Waals surface area contributed by atoms with Gasteiger partial charge in [-0.1, -0.05) is 25.1 Å². The van der Waals surface area contributed by atoms with Gasteiger partial charge in [0.2, 0.25) is 5.88 Å². The number of aliphatic imine (C=N–C) groups is 1. The molecule has 1 aromatic carbocycles. The average Bonchev–Trinajstić information content (AvgIpc) is 2.71. The summed E-state index contributed by atoms with van der Waals surface area (Å²) >= 11 is 0. The van der Waals surface area contributed by atoms with Gasteiger partial charge in [-0.2, -0.15) is 0 Å². The minimum absolute atomic E-state index is 0.546. The highest BCUT2D eigenvalue weighted by molar-refractivity contribution is 5.79. The van der Waals surface area contributed by atoms with E-state index in [9.17, 15) is 0 Å². The van der Waals surface area contributed by atoms with Gasteiger partial charge in [-0.25, -0.2) is 4.98 Å². The van der Waals surface area contributed by atoms with Crippen LogP contribution in [0, 0.1) is 5.92 Å². The van der Waals surface area contributed by atoms with E-state index >= 15 is 0 Å². The molecular weight excluding hydrogens is 352 g/mol. The number of hydrogen-bond acceptors (Lipinski definition) is 4. The lowest BCUT2D eigenvalue weighted by Gasteiger charge is -2.33. The molecule has 0 aliphatic carbocycles. The Kier molecular flexibility index (Phi) is 7.12. The third kappa shape index (κ3) is 5.38. The van der Waals surface area contributed by atoms with E-state index in [1.165, 1.54) is 12.8 Å². The van der Waals surface area contributed by atoms with Crippen LogP contribution < -0.4 is 14.8 Å². The van der Waals surface area contributed by atoms with Crippen LogP contribution in [0.3, 0.4) is 0 Å². The van der Waals surface area contributed by atoms with E-state index in [4.69, 9.17) is 9.47 Å². The number of para-hydroxylation sites is 2. The Labute approximate surface area is 167 Å². The van der Waals surface area contributed by atoms with Crippen molar-refractivity contribution in [1.29, 1.82) is 0 Å². The Hall–Kier alpha value is -2.76. The fourth-order valence-corrected chi connectivity index (χ4v) is 3.39. The lowest BCUT2D eigenvalue weighted by molar-refractivity contribution is 0.266. The van der Waals surface area contributed by atoms with E-state index in [0.717, 1.165) is 30.4 Å². The maximum atomic E-state index is 5.88. The highest BCUT2D eigenvalue weighted by atomic mass is 16.5. The zero-order valence-electron chi connectivity index (χ0n) is 17.0. The molecule has 0 bridgehead atoms. The van der Waals surface area contributed by atoms with Gasteiger partial charge < -0.3 is 19.7 Å². The van der Waals surface area contributed by atoms with Crippen LogP contribution in [-0.2, 0) is 6.54 Å². The molecule has 0 radical (unpaired) electrons. The van der Waals surface area contributed by atoms with Gasteiger partial charge in [0.15, 0.2) is 17.5 Å². The van der Waals surface area contributed by atoms with E-state index in [1.54, 1.807) is 0 Å². The third-order valence-corrected chi connectivity index (χ3v) is 4.78. The summed E-state index contributed by atoms with van der Waals surface area (Å²) in [5.74, 6) is 3.60. The maximum Gasteiger partial charge on any atom is 0.219 e. The van der Waals surface area contributed by atoms with Crippen LogP contribution in [0.4, 0.5) is 0 Å². The molecule has 2 heterocycles. The fraction of sp³-hybridized carbons (Fsp3) is 0.455. The summed E-state index contributed by atoms with van der Waals surface area (Å²) in [5, 5.41) is 3.45. The number of aromatic nitrogens is 1. The first-order valence-corrected chi connectivity index (χ1v) is 9.99. The summed E-state index contributed by atoms with van der Waals surface area (Å²) in [7, 11) is 1.84. The van der Waals surface area contributed by atoms with Crippen LogP contribution in [0.5, 0.6) is 17.4 Å². The molecule has 3 rings (SSSR count). The summed E-state index contributed by atoms with van der Waals surface area (Å²) in [6.07, 6.45) is 4.35. The van der Waals surface area contributed by atoms with Gasteiger partial charge in [0.1, 0.15) is 0 Å². The molecule has 0 amide bonds. The second-order valence-corrected chi connectivity index (χ2v) is 7.08. The molecule has 1 aromatic heterocycles. The van der Waals surface area contributed by atoms with Crippen LogP contribution in [0.2, 0.25) is 0 Å². The van der Waals surface area contributed by atoms with Crippen molar-refractivity contribution < 1.29 is 9.47 Å². The number of benzene rings is 1. The van der Waals surface area contributed by atoms with Crippen LogP contribution in [-0.4, -0.2) is 42.6 Å². The van der Waals surface area contributed by atoms with Crippen molar-refractivity contribution in [3.63, 3.8) is 0 Å². The number of piperidine rings is 1. The second kappa shape index (κ2) is 9.97. The van der Waals surface area contributed by atoms with E-state index in [-0.39, 0.29) is 0 Å². The van der Waals surface area contributed by atoms with Gasteiger partial charge in [0.05, 0.1) is 6.61 Å². The molecule has 1 N–H and O–H groups in total. The minimum atomic E-state index is 0.546. The van der Waals surface area contributed by atoms with Crippen molar-refractivity contribution in [2.75, 3.05) is 26.7 Å². The normalized spacial score (nSPS) is 17.3. The Bertz CT molecular complexity index is 776. The number of nitrogens with one attached hydrogen (secondary N) is 1. The number of ether oxygens (including phenoxy) is 2. The molecular formula is C22H30N4O2. The van der Waals surface area contributed by atoms with Gasteiger partial charge in [0, 0.05) is 38.9 Å². The first-order valence-electron chi connectivity index (χ1n) is 9.99. The van der Waals surface area contributed by atoms with Crippen molar-refractivity contribution >= 4 is 5.96 Å². The molecule has 1 saturated heterocycles. The molecule has 1 fully saturated rings. The smallest absolute Gasteiger partial charge is 0.219 e. The quantitative estimate of drug-likeness (QED) is 0.603. The van der Waals surface area contributed by atoms with E-state index < -0.39 is 0 Å². The minimum Gasteiger partial charge on any atom is -0.490 e. The third-order valence-electron chi connectivity index (χ3n) is 4.78. The van der Waals surface area contributed by atoms with Crippen LogP contribution >= 0.6 is 0 Å². The highest BCUT2D eigenvalue weighted by Crippen LogP contribution is 2.30. The van der Waals surface area contributed by atoms with Gasteiger partial charge in [-0.05, 0) is 43.4 Å². The largest absolute Gasteiger partial charge is 0.490 e. The number of nitrogens with zero attached hydrogens (tertiary/aromatic N) is 3. The first-order chi connectivity index (χ1) is 13.7. The number of pyridine rings is 1. The number of likely N-dealkylation sites (tertiary alicyclic amines) is 1. The summed E-state index contributed by atoms with van der Waals surface area (Å²) in [4.78, 5) is 11.2. The van der Waals surface area contributed by atoms with Gasteiger partial charge in [-0.3, -0.25) is 4.99 Å². The van der Waals surface area contributed by atoms with Gasteiger partial charge in [0.25, 0.3) is 0 Å². The molecule has 2 aromatic rings. The summed E-state index contributed by atoms with van der Waals surface area (Å²) in [6, 6.07) is 11.5. The molecule has 28 heavy (non-hydrogen) atoms. The molecule has 6 heteroatoms. The van der Waals surface area contributed by atoms with Crippen molar-refractivity contribution in [2.45, 2.75) is 33.2 Å². The topological polar surface area (TPSA) is 59.0 Å². The van der Waals surface area contributed by atoms with Crippen molar-refractivity contribution in [2.24, 2.45) is 10.9 Å². The van der Waals surface area contributed by atoms with Crippen LogP contribution in [0.15, 0.2) is 47.6 Å². The zero-order valence-corrected chi connectivity index (χ0v) is 17.0. The summed E-state index contributed by atoms with van der Waals surface area (Å²) in [6.45, 7) is 7.65. The van der Waals surface area contributed by atoms with E-state index in [1.807, 2.05) is 56.6 Å². The monoisotopic (exact) mass is 382 g/mol. The van der Waals surface area contributed by atoms with Crippen molar-refractivity contribution in [1.82, 2.24) is 15.2 Å². The fourth-order valence-electron chi connectivity index (χ4n) is 3.39. The first kappa shape index (κ1) is 20.0. The maximum absolute atomic E-state index is 5.88. The lowest BCUT2D eigenvalue weighted by Crippen LogP contribution is -2.45. The number of hydrogen-bond donors (Lipinski definition) is 1. The Morgan fingerprint density at radius 3 is 2.75 bits per heavy atom. The van der Waals surface area contributed by atoms with Crippen molar-refractivity contribution in [3.05, 3.63) is 48.2 Å². The van der Waals surface area contributed by atoms with Crippen LogP contribution in [0.25, 0.3) is 0 Å². The SMILES string of the molecule is CCOc1ccccc1Oc1ccc(CNC(=NC)N2CCCC(C)C2)cn1. The predicted molar refractivity (Wildman–Crippen MR) is 112 cm³/mol. The molecule has 1 aliphatic rings. The Morgan fingerprint density at radius 1 is 1.25 bits per heavy atom. The Morgan fingerprint density at radius 2 is 2.07 bits per heavy atom. The molecule has 6 nitrogen and oxygen atoms in total. The second-order valence-electron chi connectivity index (χ2n) is 7.08. The van der Waals surface area contributed by atoms with Crippen molar-refractivity contribution in [3.8, 4) is 17.4 Å². The average molecular weight is 383 g/mol. The molecule has 0 spiro atoms. The zero-order chi connectivity index (χ0) is 19.8. The van der Waals surface area contributed by atoms with E-state index in [0.29, 0.717) is 30.7 Å². The molecule has 1 atom stereocenters. The molecule has 150 valence electrons. The number of guanidine groups is 1. The highest BCUT2D eigenvalue weighted by Gasteiger charge is 2.19. The predicted octanol–water partition coefficient (Wildman–Crippen LogP) is 4.08. The standard InChI is InChI=1S/C22H30N4O2/c1-4-27-19-9-5-6-10-20(19)28-21-12-11-18(14-24-21)15-25-22(23-3)26-13-7-8-17(2)16-26/h5-6,9-12,14,17H,4,7-8,13,15-16H2,1-3H3,(H,23,25). The number of rotatable bonds is 6. The van der Waals surface area contributed by atoms with Gasteiger partial charge >= 0.3 is 0 Å². The lowest BCUT2D eigenvalue weighted by atomic mass is 10.0. The summed E-state index contributed by atoms with van der Waals surface area (Å²) < 4.78 is 11.5. The summed E-state index contributed by atoms with van der Waals surface area (Å²) in [5.41, 5.74) is 1.08. The molecule has 1 aliphatic heterocycles. The van der Waals surface area contributed by atoms with Gasteiger partial charge in [-0.15, -0.1) is 0 Å². The van der Waals surface area contributed by atoms with Crippen LogP contribution in [0.1, 0.15) is 32.3 Å². The molecule has 0 saturated carbocycles. The molecule has 1 unspecified atom stereocenters. The Balaban J connectivity index is 1.57. The van der Waals surface area contributed by atoms with E-state index in [2.05, 4.69) is 27.1 Å².